The minimum absolute atomic E-state index is 0.786. The number of quaternary nitrogens is 1. The van der Waals surface area contributed by atoms with Crippen molar-refractivity contribution in [2.24, 2.45) is 0 Å². The first-order chi connectivity index (χ1) is 6.70. The van der Waals surface area contributed by atoms with Crippen LogP contribution in [0.5, 0.6) is 5.75 Å². The van der Waals surface area contributed by atoms with Gasteiger partial charge in [-0.05, 0) is 28.1 Å². The van der Waals surface area contributed by atoms with Crippen LogP contribution in [-0.2, 0) is 0 Å². The van der Waals surface area contributed by atoms with E-state index in [2.05, 4.69) is 30.0 Å². The van der Waals surface area contributed by atoms with Gasteiger partial charge in [0.2, 0.25) is 0 Å². The topological polar surface area (TPSA) is 13.7 Å². The molecule has 0 aliphatic rings. The largest absolute Gasteiger partial charge is 0.492 e. The van der Waals surface area contributed by atoms with Crippen molar-refractivity contribution in [2.45, 2.75) is 6.42 Å². The molecule has 0 fully saturated rings. The molecule has 0 heterocycles. The first-order valence-electron chi connectivity index (χ1n) is 4.86. The van der Waals surface area contributed by atoms with Crippen LogP contribution in [0.4, 0.5) is 0 Å². The van der Waals surface area contributed by atoms with Gasteiger partial charge < -0.3 is 9.64 Å². The maximum atomic E-state index is 5.63. The summed E-state index contributed by atoms with van der Waals surface area (Å²) in [5, 5.41) is 0. The van der Waals surface area contributed by atoms with Gasteiger partial charge >= 0.3 is 0 Å². The molecule has 1 N–H and O–H groups in total. The van der Waals surface area contributed by atoms with Gasteiger partial charge in [0.05, 0.1) is 31.7 Å². The number of benzene rings is 1. The lowest BCUT2D eigenvalue weighted by molar-refractivity contribution is -0.858. The fourth-order valence-electron chi connectivity index (χ4n) is 1.17. The van der Waals surface area contributed by atoms with Crippen LogP contribution in [0.25, 0.3) is 0 Å². The molecule has 0 saturated heterocycles. The lowest BCUT2D eigenvalue weighted by Gasteiger charge is -2.09. The summed E-state index contributed by atoms with van der Waals surface area (Å²) >= 11 is 3.45. The Morgan fingerprint density at radius 1 is 1.29 bits per heavy atom. The molecule has 3 heteroatoms. The van der Waals surface area contributed by atoms with E-state index in [4.69, 9.17) is 4.74 Å². The summed E-state index contributed by atoms with van der Waals surface area (Å²) in [6, 6.07) is 7.94. The van der Waals surface area contributed by atoms with Crippen molar-refractivity contribution >= 4 is 15.9 Å². The minimum Gasteiger partial charge on any atom is -0.492 e. The number of ether oxygens (including phenoxy) is 1. The van der Waals surface area contributed by atoms with Crippen LogP contribution in [0.2, 0.25) is 0 Å². The molecule has 0 aliphatic carbocycles. The molecule has 14 heavy (non-hydrogen) atoms. The van der Waals surface area contributed by atoms with Crippen LogP contribution in [0.3, 0.4) is 0 Å². The first-order valence-corrected chi connectivity index (χ1v) is 5.66. The Balaban J connectivity index is 2.28. The van der Waals surface area contributed by atoms with Crippen LogP contribution in [0, 0.1) is 0 Å². The Morgan fingerprint density at radius 3 is 2.64 bits per heavy atom. The fourth-order valence-corrected chi connectivity index (χ4v) is 1.57. The third-order valence-electron chi connectivity index (χ3n) is 1.92. The molecule has 0 atom stereocenters. The van der Waals surface area contributed by atoms with E-state index in [1.807, 2.05) is 24.3 Å². The van der Waals surface area contributed by atoms with E-state index in [9.17, 15) is 0 Å². The molecule has 0 unspecified atom stereocenters. The monoisotopic (exact) mass is 258 g/mol. The Morgan fingerprint density at radius 2 is 2.00 bits per heavy atom. The number of hydrogen-bond acceptors (Lipinski definition) is 1. The summed E-state index contributed by atoms with van der Waals surface area (Å²) in [7, 11) is 4.30. The Hall–Kier alpha value is -0.540. The predicted octanol–water partition coefficient (Wildman–Crippen LogP) is 1.36. The average Bonchev–Trinajstić information content (AvgIpc) is 2.15. The molecule has 0 aromatic heterocycles. The van der Waals surface area contributed by atoms with E-state index >= 15 is 0 Å². The van der Waals surface area contributed by atoms with E-state index in [-0.39, 0.29) is 0 Å². The molecule has 1 aromatic carbocycles. The van der Waals surface area contributed by atoms with Gasteiger partial charge in [-0.25, -0.2) is 0 Å². The summed E-state index contributed by atoms with van der Waals surface area (Å²) in [6.07, 6.45) is 1.09. The number of hydrogen-bond donors (Lipinski definition) is 1. The smallest absolute Gasteiger partial charge is 0.133 e. The standard InChI is InChI=1S/C11H16BrNO/c1-13(2)8-5-9-14-11-7-4-3-6-10(11)12/h3-4,6-7H,5,8-9H2,1-2H3/p+1. The SMILES string of the molecule is C[NH+](C)CCCOc1ccccc1Br. The van der Waals surface area contributed by atoms with Gasteiger partial charge in [0.25, 0.3) is 0 Å². The number of halogens is 1. The first kappa shape index (κ1) is 11.5. The lowest BCUT2D eigenvalue weighted by Crippen LogP contribution is -3.05. The normalized spacial score (nSPS) is 10.6. The minimum atomic E-state index is 0.786. The molecule has 0 amide bonds. The van der Waals surface area contributed by atoms with Gasteiger partial charge in [-0.2, -0.15) is 0 Å². The molecular weight excluding hydrogens is 242 g/mol. The zero-order chi connectivity index (χ0) is 10.4. The zero-order valence-corrected chi connectivity index (χ0v) is 10.3. The highest BCUT2D eigenvalue weighted by molar-refractivity contribution is 9.10. The maximum absolute atomic E-state index is 5.63. The van der Waals surface area contributed by atoms with E-state index in [1.165, 1.54) is 4.90 Å². The average molecular weight is 259 g/mol. The molecular formula is C11H17BrNO+. The van der Waals surface area contributed by atoms with Crippen molar-refractivity contribution in [2.75, 3.05) is 27.2 Å². The molecule has 0 saturated carbocycles. The number of nitrogens with one attached hydrogen (secondary N) is 1. The maximum Gasteiger partial charge on any atom is 0.133 e. The Bertz CT molecular complexity index is 276. The molecule has 0 radical (unpaired) electrons. The van der Waals surface area contributed by atoms with Crippen molar-refractivity contribution in [3.05, 3.63) is 28.7 Å². The van der Waals surface area contributed by atoms with Gasteiger partial charge in [0.15, 0.2) is 0 Å². The van der Waals surface area contributed by atoms with Gasteiger partial charge in [-0.3, -0.25) is 0 Å². The second-order valence-corrected chi connectivity index (χ2v) is 4.44. The fraction of sp³-hybridized carbons (Fsp3) is 0.455. The zero-order valence-electron chi connectivity index (χ0n) is 8.72. The summed E-state index contributed by atoms with van der Waals surface area (Å²) in [6.45, 7) is 1.93. The van der Waals surface area contributed by atoms with Gasteiger partial charge in [-0.15, -0.1) is 0 Å². The van der Waals surface area contributed by atoms with E-state index in [0.29, 0.717) is 0 Å². The van der Waals surface area contributed by atoms with Crippen LogP contribution in [-0.4, -0.2) is 27.2 Å². The second-order valence-electron chi connectivity index (χ2n) is 3.59. The summed E-state index contributed by atoms with van der Waals surface area (Å²) < 4.78 is 6.65. The molecule has 0 spiro atoms. The highest BCUT2D eigenvalue weighted by Crippen LogP contribution is 2.23. The lowest BCUT2D eigenvalue weighted by atomic mass is 10.3. The van der Waals surface area contributed by atoms with Crippen molar-refractivity contribution in [1.82, 2.24) is 0 Å². The molecule has 1 aromatic rings. The van der Waals surface area contributed by atoms with Crippen LogP contribution < -0.4 is 9.64 Å². The van der Waals surface area contributed by atoms with Gasteiger partial charge in [-0.1, -0.05) is 12.1 Å². The Labute approximate surface area is 94.0 Å². The van der Waals surface area contributed by atoms with Gasteiger partial charge in [0.1, 0.15) is 5.75 Å². The van der Waals surface area contributed by atoms with Gasteiger partial charge in [0, 0.05) is 6.42 Å². The van der Waals surface area contributed by atoms with Crippen LogP contribution >= 0.6 is 15.9 Å². The highest BCUT2D eigenvalue weighted by Gasteiger charge is 1.99. The van der Waals surface area contributed by atoms with Crippen molar-refractivity contribution < 1.29 is 9.64 Å². The molecule has 2 nitrogen and oxygen atoms in total. The van der Waals surface area contributed by atoms with Crippen LogP contribution in [0.15, 0.2) is 28.7 Å². The second kappa shape index (κ2) is 6.04. The molecule has 78 valence electrons. The molecule has 0 bridgehead atoms. The Kier molecular flexibility index (Phi) is 4.98. The van der Waals surface area contributed by atoms with Crippen LogP contribution in [0.1, 0.15) is 6.42 Å². The van der Waals surface area contributed by atoms with Crippen molar-refractivity contribution in [1.29, 1.82) is 0 Å². The summed E-state index contributed by atoms with van der Waals surface area (Å²) in [5.74, 6) is 0.932. The van der Waals surface area contributed by atoms with Crippen molar-refractivity contribution in [3.63, 3.8) is 0 Å². The molecule has 1 rings (SSSR count). The van der Waals surface area contributed by atoms with Crippen molar-refractivity contribution in [3.8, 4) is 5.75 Å². The number of para-hydroxylation sites is 1. The highest BCUT2D eigenvalue weighted by atomic mass is 79.9. The predicted molar refractivity (Wildman–Crippen MR) is 61.9 cm³/mol. The van der Waals surface area contributed by atoms with E-state index in [0.717, 1.165) is 29.8 Å². The quantitative estimate of drug-likeness (QED) is 0.788. The number of rotatable bonds is 5. The third kappa shape index (κ3) is 4.11. The molecule has 0 aliphatic heterocycles. The third-order valence-corrected chi connectivity index (χ3v) is 2.57. The summed E-state index contributed by atoms with van der Waals surface area (Å²) in [5.41, 5.74) is 0. The van der Waals surface area contributed by atoms with E-state index in [1.54, 1.807) is 0 Å². The summed E-state index contributed by atoms with van der Waals surface area (Å²) in [4.78, 5) is 1.46. The van der Waals surface area contributed by atoms with E-state index < -0.39 is 0 Å².